The third-order valence-electron chi connectivity index (χ3n) is 6.74. The molecule has 3 rings (SSSR count). The highest BCUT2D eigenvalue weighted by molar-refractivity contribution is 7.80. The van der Waals surface area contributed by atoms with Gasteiger partial charge < -0.3 is 21.3 Å². The van der Waals surface area contributed by atoms with E-state index in [9.17, 15) is 0 Å². The maximum Gasteiger partial charge on any atom is 0.171 e. The average Bonchev–Trinajstić information content (AvgIpc) is 2.70. The Morgan fingerprint density at radius 1 is 0.824 bits per heavy atom. The lowest BCUT2D eigenvalue weighted by Crippen LogP contribution is -2.51. The van der Waals surface area contributed by atoms with Gasteiger partial charge in [0.25, 0.3) is 0 Å². The Morgan fingerprint density at radius 3 is 1.91 bits per heavy atom. The number of hydrogen-bond donors (Lipinski definition) is 4. The highest BCUT2D eigenvalue weighted by Crippen LogP contribution is 2.45. The van der Waals surface area contributed by atoms with Gasteiger partial charge >= 0.3 is 0 Å². The number of nitrogens with one attached hydrogen (secondary N) is 4. The first kappa shape index (κ1) is 26.4. The van der Waals surface area contributed by atoms with Crippen LogP contribution in [0.25, 0.3) is 0 Å². The van der Waals surface area contributed by atoms with E-state index in [-0.39, 0.29) is 10.8 Å². The molecule has 4 nitrogen and oxygen atoms in total. The van der Waals surface area contributed by atoms with Gasteiger partial charge in [-0.2, -0.15) is 0 Å². The molecule has 1 aliphatic rings. The van der Waals surface area contributed by atoms with E-state index in [2.05, 4.69) is 106 Å². The fourth-order valence-electron chi connectivity index (χ4n) is 5.42. The van der Waals surface area contributed by atoms with Crippen LogP contribution in [0.3, 0.4) is 0 Å². The lowest BCUT2D eigenvalue weighted by molar-refractivity contribution is 0.0807. The minimum Gasteiger partial charge on any atom is -0.362 e. The first-order chi connectivity index (χ1) is 15.8. The van der Waals surface area contributed by atoms with Crippen LogP contribution < -0.4 is 21.3 Å². The molecule has 0 aromatic heterocycles. The summed E-state index contributed by atoms with van der Waals surface area (Å²) in [4.78, 5) is 0. The SMILES string of the molecule is Cc1ccc(C)c(NC(=S)NCC2(C)CC(NC(=S)Nc3cc(C)ccc3C)CC(C)(C)C2)c1. The van der Waals surface area contributed by atoms with Crippen molar-refractivity contribution in [2.24, 2.45) is 10.8 Å². The van der Waals surface area contributed by atoms with Gasteiger partial charge in [-0.1, -0.05) is 45.0 Å². The van der Waals surface area contributed by atoms with Gasteiger partial charge in [-0.25, -0.2) is 0 Å². The van der Waals surface area contributed by atoms with Crippen LogP contribution in [-0.2, 0) is 0 Å². The smallest absolute Gasteiger partial charge is 0.171 e. The number of anilines is 2. The summed E-state index contributed by atoms with van der Waals surface area (Å²) in [6.45, 7) is 16.3. The van der Waals surface area contributed by atoms with Crippen molar-refractivity contribution in [1.82, 2.24) is 10.6 Å². The molecule has 0 radical (unpaired) electrons. The van der Waals surface area contributed by atoms with E-state index >= 15 is 0 Å². The van der Waals surface area contributed by atoms with E-state index in [0.717, 1.165) is 37.2 Å². The number of hydrogen-bond acceptors (Lipinski definition) is 2. The van der Waals surface area contributed by atoms with E-state index in [1.54, 1.807) is 0 Å². The molecular weight excluding hydrogens is 456 g/mol. The zero-order valence-electron chi connectivity index (χ0n) is 21.7. The Hall–Kier alpha value is -2.18. The zero-order valence-corrected chi connectivity index (χ0v) is 23.3. The second-order valence-corrected chi connectivity index (χ2v) is 12.1. The average molecular weight is 497 g/mol. The molecule has 1 saturated carbocycles. The highest BCUT2D eigenvalue weighted by Gasteiger charge is 2.41. The molecule has 0 saturated heterocycles. The first-order valence-electron chi connectivity index (χ1n) is 12.1. The molecule has 2 aromatic rings. The van der Waals surface area contributed by atoms with Gasteiger partial charge in [0.05, 0.1) is 0 Å². The van der Waals surface area contributed by atoms with E-state index < -0.39 is 0 Å². The summed E-state index contributed by atoms with van der Waals surface area (Å²) in [6.07, 6.45) is 3.25. The van der Waals surface area contributed by atoms with Crippen molar-refractivity contribution >= 4 is 46.0 Å². The van der Waals surface area contributed by atoms with Crippen molar-refractivity contribution in [2.45, 2.75) is 73.8 Å². The second kappa shape index (κ2) is 10.6. The molecule has 2 atom stereocenters. The van der Waals surface area contributed by atoms with Gasteiger partial charge in [-0.05, 0) is 117 Å². The number of thiocarbonyl (C=S) groups is 2. The molecule has 4 N–H and O–H groups in total. The molecule has 0 heterocycles. The molecule has 2 unspecified atom stereocenters. The normalized spacial score (nSPS) is 21.4. The van der Waals surface area contributed by atoms with Gasteiger partial charge in [0.15, 0.2) is 10.2 Å². The summed E-state index contributed by atoms with van der Waals surface area (Å²) in [5.41, 5.74) is 7.26. The number of aryl methyl sites for hydroxylation is 4. The summed E-state index contributed by atoms with van der Waals surface area (Å²) in [7, 11) is 0. The van der Waals surface area contributed by atoms with Crippen molar-refractivity contribution in [2.75, 3.05) is 17.2 Å². The largest absolute Gasteiger partial charge is 0.362 e. The van der Waals surface area contributed by atoms with Crippen LogP contribution >= 0.6 is 24.4 Å². The van der Waals surface area contributed by atoms with Crippen molar-refractivity contribution in [3.63, 3.8) is 0 Å². The molecule has 2 aromatic carbocycles. The predicted molar refractivity (Wildman–Crippen MR) is 155 cm³/mol. The van der Waals surface area contributed by atoms with E-state index in [4.69, 9.17) is 24.4 Å². The van der Waals surface area contributed by atoms with E-state index in [0.29, 0.717) is 16.3 Å². The molecule has 1 fully saturated rings. The second-order valence-electron chi connectivity index (χ2n) is 11.3. The maximum absolute atomic E-state index is 5.70. The molecule has 0 aliphatic heterocycles. The van der Waals surface area contributed by atoms with Crippen LogP contribution in [0.2, 0.25) is 0 Å². The van der Waals surface area contributed by atoms with Crippen LogP contribution in [0.15, 0.2) is 36.4 Å². The van der Waals surface area contributed by atoms with E-state index in [1.807, 2.05) is 0 Å². The van der Waals surface area contributed by atoms with Crippen LogP contribution in [0.5, 0.6) is 0 Å². The molecule has 0 amide bonds. The highest BCUT2D eigenvalue weighted by atomic mass is 32.1. The number of benzene rings is 2. The molecular formula is C28H40N4S2. The molecule has 1 aliphatic carbocycles. The lowest BCUT2D eigenvalue weighted by atomic mass is 9.62. The molecule has 0 bridgehead atoms. The fraction of sp³-hybridized carbons (Fsp3) is 0.500. The summed E-state index contributed by atoms with van der Waals surface area (Å²) in [5.74, 6) is 0. The van der Waals surface area contributed by atoms with Crippen molar-refractivity contribution in [3.8, 4) is 0 Å². The van der Waals surface area contributed by atoms with Crippen LogP contribution in [0, 0.1) is 38.5 Å². The maximum atomic E-state index is 5.70. The quantitative estimate of drug-likeness (QED) is 0.342. The van der Waals surface area contributed by atoms with Crippen molar-refractivity contribution in [1.29, 1.82) is 0 Å². The predicted octanol–water partition coefficient (Wildman–Crippen LogP) is 6.78. The van der Waals surface area contributed by atoms with Gasteiger partial charge in [0.2, 0.25) is 0 Å². The Morgan fingerprint density at radius 2 is 1.35 bits per heavy atom. The molecule has 34 heavy (non-hydrogen) atoms. The van der Waals surface area contributed by atoms with Crippen molar-refractivity contribution in [3.05, 3.63) is 58.7 Å². The monoisotopic (exact) mass is 496 g/mol. The van der Waals surface area contributed by atoms with Crippen LogP contribution in [0.4, 0.5) is 11.4 Å². The fourth-order valence-corrected chi connectivity index (χ4v) is 5.87. The van der Waals surface area contributed by atoms with Gasteiger partial charge in [0.1, 0.15) is 0 Å². The van der Waals surface area contributed by atoms with E-state index in [1.165, 1.54) is 22.3 Å². The molecule has 0 spiro atoms. The minimum absolute atomic E-state index is 0.0989. The summed E-state index contributed by atoms with van der Waals surface area (Å²) < 4.78 is 0. The zero-order chi connectivity index (χ0) is 25.1. The lowest BCUT2D eigenvalue weighted by Gasteiger charge is -2.47. The summed E-state index contributed by atoms with van der Waals surface area (Å²) in [6, 6.07) is 13.1. The standard InChI is InChI=1S/C28H40N4S2/c1-18-8-10-20(3)23(12-18)31-25(33)29-17-28(7)15-22(14-27(5,6)16-28)30-26(34)32-24-13-19(2)9-11-21(24)4/h8-13,22H,14-17H2,1-7H3,(H2,29,31,33)(H2,30,32,34). The molecule has 184 valence electrons. The third-order valence-corrected chi connectivity index (χ3v) is 7.20. The minimum atomic E-state index is 0.0989. The third kappa shape index (κ3) is 7.41. The topological polar surface area (TPSA) is 48.1 Å². The Balaban J connectivity index is 1.60. The Labute approximate surface area is 216 Å². The Bertz CT molecular complexity index is 1060. The van der Waals surface area contributed by atoms with Gasteiger partial charge in [-0.15, -0.1) is 0 Å². The van der Waals surface area contributed by atoms with Crippen LogP contribution in [0.1, 0.15) is 62.3 Å². The summed E-state index contributed by atoms with van der Waals surface area (Å²) >= 11 is 11.3. The number of rotatable bonds is 5. The van der Waals surface area contributed by atoms with Gasteiger partial charge in [-0.3, -0.25) is 0 Å². The van der Waals surface area contributed by atoms with Gasteiger partial charge in [0, 0.05) is 24.0 Å². The Kier molecular flexibility index (Phi) is 8.25. The molecule has 6 heteroatoms. The van der Waals surface area contributed by atoms with Crippen LogP contribution in [-0.4, -0.2) is 22.8 Å². The van der Waals surface area contributed by atoms with Crippen molar-refractivity contribution < 1.29 is 0 Å². The first-order valence-corrected chi connectivity index (χ1v) is 12.9. The summed E-state index contributed by atoms with van der Waals surface area (Å²) in [5, 5.41) is 15.3.